The second-order valence-corrected chi connectivity index (χ2v) is 8.18. The van der Waals surface area contributed by atoms with Crippen molar-refractivity contribution in [1.29, 1.82) is 0 Å². The quantitative estimate of drug-likeness (QED) is 0.760. The first kappa shape index (κ1) is 20.3. The van der Waals surface area contributed by atoms with Crippen molar-refractivity contribution in [3.05, 3.63) is 53.6 Å². The fourth-order valence-corrected chi connectivity index (χ4v) is 4.11. The number of carbonyl (C=O) groups is 2. The van der Waals surface area contributed by atoms with Crippen LogP contribution >= 0.6 is 0 Å². The fourth-order valence-electron chi connectivity index (χ4n) is 4.11. The molecule has 1 heterocycles. The van der Waals surface area contributed by atoms with Gasteiger partial charge >= 0.3 is 0 Å². The van der Waals surface area contributed by atoms with Gasteiger partial charge in [0.05, 0.1) is 31.9 Å². The minimum atomic E-state index is -0.373. The molecule has 6 nitrogen and oxygen atoms in total. The molecule has 4 rings (SSSR count). The molecule has 0 bridgehead atoms. The Kier molecular flexibility index (Phi) is 5.66. The van der Waals surface area contributed by atoms with E-state index in [4.69, 9.17) is 9.47 Å². The van der Waals surface area contributed by atoms with Crippen LogP contribution in [0, 0.1) is 18.8 Å². The van der Waals surface area contributed by atoms with E-state index in [-0.39, 0.29) is 30.2 Å². The molecule has 1 N–H and O–H groups in total. The third kappa shape index (κ3) is 4.13. The van der Waals surface area contributed by atoms with Crippen LogP contribution in [0.1, 0.15) is 36.4 Å². The Labute approximate surface area is 177 Å². The average molecular weight is 408 g/mol. The summed E-state index contributed by atoms with van der Waals surface area (Å²) in [4.78, 5) is 27.5. The molecule has 1 saturated carbocycles. The number of nitrogens with one attached hydrogen (secondary N) is 1. The second kappa shape index (κ2) is 8.38. The maximum absolute atomic E-state index is 13.1. The molecule has 6 heteroatoms. The minimum absolute atomic E-state index is 0.0268. The Hall–Kier alpha value is -3.02. The Balaban J connectivity index is 1.48. The Bertz CT molecular complexity index is 937. The summed E-state index contributed by atoms with van der Waals surface area (Å²) in [6.07, 6.45) is 2.42. The molecular weight excluding hydrogens is 380 g/mol. The van der Waals surface area contributed by atoms with E-state index in [9.17, 15) is 9.59 Å². The number of carbonyl (C=O) groups excluding carboxylic acids is 2. The molecule has 2 unspecified atom stereocenters. The van der Waals surface area contributed by atoms with Crippen molar-refractivity contribution in [2.24, 2.45) is 11.8 Å². The number of aryl methyl sites for hydroxylation is 1. The smallest absolute Gasteiger partial charge is 0.227 e. The first-order valence-corrected chi connectivity index (χ1v) is 10.4. The zero-order chi connectivity index (χ0) is 21.3. The predicted octanol–water partition coefficient (Wildman–Crippen LogP) is 3.63. The van der Waals surface area contributed by atoms with E-state index in [1.54, 1.807) is 19.1 Å². The lowest BCUT2D eigenvalue weighted by atomic mass is 10.00. The van der Waals surface area contributed by atoms with Crippen LogP contribution in [-0.4, -0.2) is 32.6 Å². The normalized spacial score (nSPS) is 19.5. The van der Waals surface area contributed by atoms with E-state index in [2.05, 4.69) is 5.32 Å². The van der Waals surface area contributed by atoms with Crippen LogP contribution < -0.4 is 19.7 Å². The number of hydrogen-bond acceptors (Lipinski definition) is 4. The molecule has 2 aromatic rings. The van der Waals surface area contributed by atoms with E-state index >= 15 is 0 Å². The molecule has 2 aromatic carbocycles. The van der Waals surface area contributed by atoms with Gasteiger partial charge < -0.3 is 19.7 Å². The Morgan fingerprint density at radius 1 is 1.10 bits per heavy atom. The number of nitrogens with zero attached hydrogens (tertiary/aromatic N) is 1. The van der Waals surface area contributed by atoms with Gasteiger partial charge in [0.1, 0.15) is 11.5 Å². The van der Waals surface area contributed by atoms with Crippen LogP contribution in [0.15, 0.2) is 42.5 Å². The van der Waals surface area contributed by atoms with Crippen LogP contribution in [0.3, 0.4) is 0 Å². The molecular formula is C24H28N2O4. The zero-order valence-corrected chi connectivity index (χ0v) is 17.7. The average Bonchev–Trinajstić information content (AvgIpc) is 3.53. The van der Waals surface area contributed by atoms with Crippen LogP contribution in [0.4, 0.5) is 5.69 Å². The molecule has 1 aliphatic heterocycles. The first-order chi connectivity index (χ1) is 14.5. The van der Waals surface area contributed by atoms with Gasteiger partial charge in [0.2, 0.25) is 11.8 Å². The topological polar surface area (TPSA) is 67.9 Å². The number of ether oxygens (including phenoxy) is 2. The van der Waals surface area contributed by atoms with Gasteiger partial charge in [-0.15, -0.1) is 0 Å². The number of hydrogen-bond donors (Lipinski definition) is 1. The van der Waals surface area contributed by atoms with Crippen molar-refractivity contribution in [1.82, 2.24) is 5.32 Å². The monoisotopic (exact) mass is 408 g/mol. The second-order valence-electron chi connectivity index (χ2n) is 8.18. The van der Waals surface area contributed by atoms with Crippen molar-refractivity contribution >= 4 is 17.5 Å². The summed E-state index contributed by atoms with van der Waals surface area (Å²) in [5.74, 6) is 1.40. The first-order valence-electron chi connectivity index (χ1n) is 10.4. The highest BCUT2D eigenvalue weighted by Gasteiger charge is 2.39. The zero-order valence-electron chi connectivity index (χ0n) is 17.7. The number of anilines is 1. The lowest BCUT2D eigenvalue weighted by molar-refractivity contribution is -0.127. The summed E-state index contributed by atoms with van der Waals surface area (Å²) in [5, 5.41) is 3.22. The summed E-state index contributed by atoms with van der Waals surface area (Å²) in [6.45, 7) is 2.34. The number of rotatable bonds is 7. The van der Waals surface area contributed by atoms with Gasteiger partial charge in [-0.2, -0.15) is 0 Å². The molecule has 2 fully saturated rings. The van der Waals surface area contributed by atoms with Crippen molar-refractivity contribution in [2.45, 2.75) is 32.2 Å². The molecule has 0 spiro atoms. The van der Waals surface area contributed by atoms with Crippen molar-refractivity contribution in [3.63, 3.8) is 0 Å². The van der Waals surface area contributed by atoms with E-state index in [1.807, 2.05) is 49.4 Å². The summed E-state index contributed by atoms with van der Waals surface area (Å²) in [5.41, 5.74) is 2.85. The number of benzene rings is 2. The highest BCUT2D eigenvalue weighted by atomic mass is 16.5. The van der Waals surface area contributed by atoms with Crippen molar-refractivity contribution in [2.75, 3.05) is 25.7 Å². The molecule has 2 atom stereocenters. The van der Waals surface area contributed by atoms with Gasteiger partial charge in [0.15, 0.2) is 0 Å². The van der Waals surface area contributed by atoms with E-state index in [1.165, 1.54) is 0 Å². The summed E-state index contributed by atoms with van der Waals surface area (Å²) in [6, 6.07) is 13.6. The van der Waals surface area contributed by atoms with Crippen LogP contribution in [0.2, 0.25) is 0 Å². The third-order valence-electron chi connectivity index (χ3n) is 5.99. The van der Waals surface area contributed by atoms with Gasteiger partial charge in [0, 0.05) is 13.0 Å². The third-order valence-corrected chi connectivity index (χ3v) is 5.99. The molecule has 0 aromatic heterocycles. The number of methoxy groups -OCH3 is 2. The number of amides is 2. The maximum atomic E-state index is 13.1. The molecule has 2 amide bonds. The van der Waals surface area contributed by atoms with Crippen molar-refractivity contribution < 1.29 is 19.1 Å². The lowest BCUT2D eigenvalue weighted by Crippen LogP contribution is -2.36. The van der Waals surface area contributed by atoms with Gasteiger partial charge in [0.25, 0.3) is 0 Å². The van der Waals surface area contributed by atoms with Gasteiger partial charge in [-0.3, -0.25) is 9.59 Å². The Morgan fingerprint density at radius 2 is 1.83 bits per heavy atom. The van der Waals surface area contributed by atoms with Gasteiger partial charge in [-0.25, -0.2) is 0 Å². The van der Waals surface area contributed by atoms with Crippen LogP contribution in [0.5, 0.6) is 11.5 Å². The Morgan fingerprint density at radius 3 is 2.47 bits per heavy atom. The summed E-state index contributed by atoms with van der Waals surface area (Å²) < 4.78 is 10.7. The van der Waals surface area contributed by atoms with E-state index in [0.717, 1.165) is 35.4 Å². The highest BCUT2D eigenvalue weighted by Crippen LogP contribution is 2.42. The molecule has 0 radical (unpaired) electrons. The fraction of sp³-hybridized carbons (Fsp3) is 0.417. The standard InChI is InChI=1S/C24H28N2O4/c1-15-4-11-21(30-3)20(12-15)26-14-18(13-22(26)27)24(28)25-23(16-5-6-16)17-7-9-19(29-2)10-8-17/h4,7-12,16,18,23H,5-6,13-14H2,1-3H3,(H,25,28). The van der Waals surface area contributed by atoms with Crippen molar-refractivity contribution in [3.8, 4) is 11.5 Å². The highest BCUT2D eigenvalue weighted by molar-refractivity contribution is 6.01. The summed E-state index contributed by atoms with van der Waals surface area (Å²) in [7, 11) is 3.23. The minimum Gasteiger partial charge on any atom is -0.497 e. The van der Waals surface area contributed by atoms with Gasteiger partial charge in [-0.05, 0) is 61.1 Å². The predicted molar refractivity (Wildman–Crippen MR) is 115 cm³/mol. The van der Waals surface area contributed by atoms with Crippen LogP contribution in [-0.2, 0) is 9.59 Å². The van der Waals surface area contributed by atoms with E-state index < -0.39 is 0 Å². The molecule has 1 aliphatic carbocycles. The maximum Gasteiger partial charge on any atom is 0.227 e. The molecule has 1 saturated heterocycles. The van der Waals surface area contributed by atoms with E-state index in [0.29, 0.717) is 18.2 Å². The molecule has 2 aliphatic rings. The molecule has 30 heavy (non-hydrogen) atoms. The van der Waals surface area contributed by atoms with Crippen LogP contribution in [0.25, 0.3) is 0 Å². The lowest BCUT2D eigenvalue weighted by Gasteiger charge is -2.22. The largest absolute Gasteiger partial charge is 0.497 e. The molecule has 158 valence electrons. The van der Waals surface area contributed by atoms with Gasteiger partial charge in [-0.1, -0.05) is 18.2 Å². The summed E-state index contributed by atoms with van der Waals surface area (Å²) >= 11 is 0. The SMILES string of the molecule is COc1ccc(C(NC(=O)C2CC(=O)N(c3cc(C)ccc3OC)C2)C2CC2)cc1.